The minimum Gasteiger partial charge on any atom is -0.258 e. The third-order valence-corrected chi connectivity index (χ3v) is 6.46. The minimum absolute atomic E-state index is 0.101. The van der Waals surface area contributed by atoms with Crippen LogP contribution in [0, 0.1) is 17.0 Å². The first-order chi connectivity index (χ1) is 11.3. The second kappa shape index (κ2) is 7.27. The molecule has 1 unspecified atom stereocenters. The highest BCUT2D eigenvalue weighted by molar-refractivity contribution is 9.10. The molecule has 2 aromatic carbocycles. The summed E-state index contributed by atoms with van der Waals surface area (Å²) in [6.07, 6.45) is 1.73. The van der Waals surface area contributed by atoms with Gasteiger partial charge in [0.15, 0.2) is 9.84 Å². The van der Waals surface area contributed by atoms with Gasteiger partial charge in [-0.15, -0.1) is 6.58 Å². The number of allylic oxidation sites excluding steroid dienone is 1. The fourth-order valence-corrected chi connectivity index (χ4v) is 4.92. The van der Waals surface area contributed by atoms with Gasteiger partial charge in [0, 0.05) is 16.6 Å². The lowest BCUT2D eigenvalue weighted by molar-refractivity contribution is -0.384. The smallest absolute Gasteiger partial charge is 0.258 e. The average Bonchev–Trinajstić information content (AvgIpc) is 2.53. The van der Waals surface area contributed by atoms with E-state index in [1.54, 1.807) is 24.3 Å². The van der Waals surface area contributed by atoms with E-state index in [0.717, 1.165) is 5.56 Å². The number of non-ortho nitro benzene ring substituents is 1. The summed E-state index contributed by atoms with van der Waals surface area (Å²) in [5, 5.41) is 9.99. The van der Waals surface area contributed by atoms with Crippen LogP contribution in [0.3, 0.4) is 0 Å². The van der Waals surface area contributed by atoms with Crippen molar-refractivity contribution in [3.05, 3.63) is 80.8 Å². The largest absolute Gasteiger partial charge is 0.270 e. The summed E-state index contributed by atoms with van der Waals surface area (Å²) in [7, 11) is -3.66. The second-order valence-electron chi connectivity index (χ2n) is 5.33. The molecule has 0 aliphatic heterocycles. The van der Waals surface area contributed by atoms with Crippen LogP contribution in [0.4, 0.5) is 5.69 Å². The summed E-state index contributed by atoms with van der Waals surface area (Å²) >= 11 is 3.26. The average molecular weight is 410 g/mol. The van der Waals surface area contributed by atoms with E-state index in [1.807, 2.05) is 6.92 Å². The van der Waals surface area contributed by atoms with Crippen LogP contribution < -0.4 is 0 Å². The monoisotopic (exact) mass is 409 g/mol. The quantitative estimate of drug-likeness (QED) is 0.391. The highest BCUT2D eigenvalue weighted by atomic mass is 79.9. The van der Waals surface area contributed by atoms with Gasteiger partial charge < -0.3 is 0 Å². The predicted octanol–water partition coefficient (Wildman–Crippen LogP) is 4.76. The first kappa shape index (κ1) is 18.4. The number of rotatable bonds is 6. The lowest BCUT2D eigenvalue weighted by Gasteiger charge is -2.18. The molecule has 0 aromatic heterocycles. The summed E-state index contributed by atoms with van der Waals surface area (Å²) in [4.78, 5) is 10.6. The Balaban J connectivity index is 2.55. The molecule has 0 fully saturated rings. The Morgan fingerprint density at radius 1 is 1.25 bits per heavy atom. The van der Waals surface area contributed by atoms with E-state index >= 15 is 0 Å². The highest BCUT2D eigenvalue weighted by Crippen LogP contribution is 2.37. The van der Waals surface area contributed by atoms with Crippen LogP contribution in [-0.4, -0.2) is 13.3 Å². The first-order valence-electron chi connectivity index (χ1n) is 7.12. The van der Waals surface area contributed by atoms with Gasteiger partial charge in [-0.3, -0.25) is 10.1 Å². The second-order valence-corrected chi connectivity index (χ2v) is 8.32. The fraction of sp³-hybridized carbons (Fsp3) is 0.176. The SMILES string of the molecule is C=CCC(c1ccc([N+](=O)[O-])cc1Br)S(=O)(=O)c1ccc(C)cc1. The van der Waals surface area contributed by atoms with Crippen molar-refractivity contribution in [3.8, 4) is 0 Å². The topological polar surface area (TPSA) is 77.3 Å². The number of nitro groups is 1. The molecule has 2 rings (SSSR count). The molecule has 0 saturated carbocycles. The number of nitro benzene ring substituents is 1. The number of benzene rings is 2. The van der Waals surface area contributed by atoms with Crippen molar-refractivity contribution in [3.63, 3.8) is 0 Å². The van der Waals surface area contributed by atoms with Crippen molar-refractivity contribution < 1.29 is 13.3 Å². The summed E-state index contributed by atoms with van der Waals surface area (Å²) < 4.78 is 26.4. The Kier molecular flexibility index (Phi) is 5.56. The Bertz CT molecular complexity index is 876. The Morgan fingerprint density at radius 3 is 2.38 bits per heavy atom. The Labute approximate surface area is 149 Å². The van der Waals surface area contributed by atoms with Crippen molar-refractivity contribution in [2.24, 2.45) is 0 Å². The van der Waals surface area contributed by atoms with Gasteiger partial charge in [-0.1, -0.05) is 39.7 Å². The summed E-state index contributed by atoms with van der Waals surface area (Å²) in [6, 6.07) is 10.7. The molecule has 0 saturated heterocycles. The van der Waals surface area contributed by atoms with Gasteiger partial charge in [0.1, 0.15) is 0 Å². The van der Waals surface area contributed by atoms with Crippen LogP contribution in [0.25, 0.3) is 0 Å². The van der Waals surface area contributed by atoms with Crippen LogP contribution in [-0.2, 0) is 9.84 Å². The summed E-state index contributed by atoms with van der Waals surface area (Å²) in [5.41, 5.74) is 1.34. The number of aryl methyl sites for hydroxylation is 1. The van der Waals surface area contributed by atoms with E-state index in [9.17, 15) is 18.5 Å². The van der Waals surface area contributed by atoms with Crippen molar-refractivity contribution >= 4 is 31.5 Å². The van der Waals surface area contributed by atoms with Crippen LogP contribution in [0.5, 0.6) is 0 Å². The number of sulfone groups is 1. The molecule has 7 heteroatoms. The zero-order valence-electron chi connectivity index (χ0n) is 13.0. The molecule has 0 N–H and O–H groups in total. The van der Waals surface area contributed by atoms with E-state index in [2.05, 4.69) is 22.5 Å². The van der Waals surface area contributed by atoms with Gasteiger partial charge in [-0.05, 0) is 37.1 Å². The maximum absolute atomic E-state index is 13.0. The molecule has 126 valence electrons. The maximum atomic E-state index is 13.0. The molecular weight excluding hydrogens is 394 g/mol. The zero-order chi connectivity index (χ0) is 17.9. The maximum Gasteiger partial charge on any atom is 0.270 e. The molecular formula is C17H16BrNO4S. The molecule has 0 heterocycles. The summed E-state index contributed by atoms with van der Waals surface area (Å²) in [5.74, 6) is 0. The Hall–Kier alpha value is -1.99. The van der Waals surface area contributed by atoms with Gasteiger partial charge in [-0.25, -0.2) is 8.42 Å². The lowest BCUT2D eigenvalue weighted by Crippen LogP contribution is -2.14. The predicted molar refractivity (Wildman–Crippen MR) is 96.7 cm³/mol. The minimum atomic E-state index is -3.66. The van der Waals surface area contributed by atoms with E-state index in [0.29, 0.717) is 10.0 Å². The van der Waals surface area contributed by atoms with Crippen LogP contribution in [0.2, 0.25) is 0 Å². The molecule has 0 aliphatic carbocycles. The van der Waals surface area contributed by atoms with E-state index in [1.165, 1.54) is 24.3 Å². The number of hydrogen-bond acceptors (Lipinski definition) is 4. The third-order valence-electron chi connectivity index (χ3n) is 3.65. The molecule has 1 atom stereocenters. The molecule has 0 bridgehead atoms. The van der Waals surface area contributed by atoms with Crippen molar-refractivity contribution in [1.29, 1.82) is 0 Å². The van der Waals surface area contributed by atoms with Crippen molar-refractivity contribution in [1.82, 2.24) is 0 Å². The highest BCUT2D eigenvalue weighted by Gasteiger charge is 2.30. The van der Waals surface area contributed by atoms with E-state index in [4.69, 9.17) is 0 Å². The van der Waals surface area contributed by atoms with Crippen molar-refractivity contribution in [2.75, 3.05) is 0 Å². The molecule has 0 aliphatic rings. The fourth-order valence-electron chi connectivity index (χ4n) is 2.36. The van der Waals surface area contributed by atoms with Gasteiger partial charge >= 0.3 is 0 Å². The Morgan fingerprint density at radius 2 is 1.88 bits per heavy atom. The first-order valence-corrected chi connectivity index (χ1v) is 9.46. The van der Waals surface area contributed by atoms with Gasteiger partial charge in [-0.2, -0.15) is 0 Å². The standard InChI is InChI=1S/C17H16BrNO4S/c1-3-4-17(15-10-7-13(19(20)21)11-16(15)18)24(22,23)14-8-5-12(2)6-9-14/h3,5-11,17H,1,4H2,2H3. The van der Waals surface area contributed by atoms with E-state index in [-0.39, 0.29) is 17.0 Å². The molecule has 5 nitrogen and oxygen atoms in total. The van der Waals surface area contributed by atoms with Crippen LogP contribution >= 0.6 is 15.9 Å². The lowest BCUT2D eigenvalue weighted by atomic mass is 10.1. The number of halogens is 1. The van der Waals surface area contributed by atoms with E-state index < -0.39 is 20.0 Å². The number of hydrogen-bond donors (Lipinski definition) is 0. The molecule has 24 heavy (non-hydrogen) atoms. The summed E-state index contributed by atoms with van der Waals surface area (Å²) in [6.45, 7) is 5.51. The number of nitrogens with zero attached hydrogens (tertiary/aromatic N) is 1. The molecule has 0 spiro atoms. The van der Waals surface area contributed by atoms with Gasteiger partial charge in [0.05, 0.1) is 15.1 Å². The van der Waals surface area contributed by atoms with Crippen LogP contribution in [0.15, 0.2) is 64.5 Å². The van der Waals surface area contributed by atoms with Crippen molar-refractivity contribution in [2.45, 2.75) is 23.5 Å². The molecule has 0 radical (unpaired) electrons. The third kappa shape index (κ3) is 3.73. The van der Waals surface area contributed by atoms with Crippen LogP contribution in [0.1, 0.15) is 22.8 Å². The van der Waals surface area contributed by atoms with Gasteiger partial charge in [0.2, 0.25) is 0 Å². The normalized spacial score (nSPS) is 12.6. The zero-order valence-corrected chi connectivity index (χ0v) is 15.4. The molecule has 0 amide bonds. The molecule has 2 aromatic rings. The van der Waals surface area contributed by atoms with Gasteiger partial charge in [0.25, 0.3) is 5.69 Å².